The first kappa shape index (κ1) is 63.3. The predicted molar refractivity (Wildman–Crippen MR) is 274 cm³/mol. The van der Waals surface area contributed by atoms with E-state index in [4.69, 9.17) is 19.3 Å². The lowest BCUT2D eigenvalue weighted by molar-refractivity contribution is -0.162. The van der Waals surface area contributed by atoms with Crippen LogP contribution in [-0.2, 0) is 55.9 Å². The van der Waals surface area contributed by atoms with Gasteiger partial charge in [-0.25, -0.2) is 0 Å². The van der Waals surface area contributed by atoms with Crippen molar-refractivity contribution in [3.63, 3.8) is 0 Å². The Bertz CT molecular complexity index is 1480. The molecule has 0 aliphatic rings. The molecule has 1 aromatic rings. The molecule has 17 heteroatoms. The first-order chi connectivity index (χ1) is 33.6. The van der Waals surface area contributed by atoms with Crippen molar-refractivity contribution < 1.29 is 48.1 Å². The van der Waals surface area contributed by atoms with Crippen LogP contribution in [0.4, 0.5) is 0 Å². The number of carbonyl (C=O) groups excluding carboxylic acids is 5. The van der Waals surface area contributed by atoms with E-state index in [1.807, 2.05) is 0 Å². The number of nitrogens with one attached hydrogen (secondary N) is 2. The van der Waals surface area contributed by atoms with Gasteiger partial charge in [0.2, 0.25) is 17.7 Å². The van der Waals surface area contributed by atoms with Gasteiger partial charge in [0, 0.05) is 76.0 Å². The molecular formula is C52H94N6O10S. The highest BCUT2D eigenvalue weighted by Gasteiger charge is 2.18. The SMILES string of the molecule is CCCCCCCCCCCCCC(=O)OCC(COCCNC(=O)CCSCCN(CCNC(=O)CCCc1cn(CCC(=O)O)nn1)C(=O)CC)OC(=O)CCCCCCCCCCCCC. The third kappa shape index (κ3) is 39.7. The number of carbonyl (C=O) groups is 6. The fourth-order valence-electron chi connectivity index (χ4n) is 7.70. The molecule has 3 amide bonds. The van der Waals surface area contributed by atoms with E-state index < -0.39 is 12.1 Å². The third-order valence-corrected chi connectivity index (χ3v) is 12.8. The van der Waals surface area contributed by atoms with Crippen LogP contribution in [0.2, 0.25) is 0 Å². The van der Waals surface area contributed by atoms with Gasteiger partial charge in [0.1, 0.15) is 6.61 Å². The van der Waals surface area contributed by atoms with Gasteiger partial charge < -0.3 is 34.9 Å². The minimum absolute atomic E-state index is 0.00678. The van der Waals surface area contributed by atoms with Gasteiger partial charge in [-0.2, -0.15) is 11.8 Å². The molecule has 0 aromatic carbocycles. The van der Waals surface area contributed by atoms with Gasteiger partial charge >= 0.3 is 17.9 Å². The number of aromatic nitrogens is 3. The van der Waals surface area contributed by atoms with Crippen molar-refractivity contribution in [1.29, 1.82) is 0 Å². The van der Waals surface area contributed by atoms with Crippen LogP contribution in [0, 0.1) is 0 Å². The molecule has 16 nitrogen and oxygen atoms in total. The largest absolute Gasteiger partial charge is 0.481 e. The van der Waals surface area contributed by atoms with E-state index in [9.17, 15) is 28.8 Å². The van der Waals surface area contributed by atoms with Crippen molar-refractivity contribution in [2.75, 3.05) is 57.5 Å². The maximum Gasteiger partial charge on any atom is 0.306 e. The molecule has 0 radical (unpaired) electrons. The highest BCUT2D eigenvalue weighted by atomic mass is 32.2. The second-order valence-electron chi connectivity index (χ2n) is 18.2. The quantitative estimate of drug-likeness (QED) is 0.0411. The summed E-state index contributed by atoms with van der Waals surface area (Å²) in [6.45, 7) is 8.22. The van der Waals surface area contributed by atoms with E-state index in [0.717, 1.165) is 38.5 Å². The Labute approximate surface area is 420 Å². The number of hydrogen-bond donors (Lipinski definition) is 3. The molecule has 0 bridgehead atoms. The molecule has 0 aliphatic heterocycles. The van der Waals surface area contributed by atoms with Crippen LogP contribution < -0.4 is 10.6 Å². The van der Waals surface area contributed by atoms with E-state index >= 15 is 0 Å². The molecule has 69 heavy (non-hydrogen) atoms. The maximum absolute atomic E-state index is 12.8. The normalized spacial score (nSPS) is 11.6. The van der Waals surface area contributed by atoms with Crippen molar-refractivity contribution in [3.8, 4) is 0 Å². The van der Waals surface area contributed by atoms with Gasteiger partial charge in [0.15, 0.2) is 6.10 Å². The number of carboxylic acid groups (broad SMARTS) is 1. The molecule has 0 spiro atoms. The highest BCUT2D eigenvalue weighted by Crippen LogP contribution is 2.15. The standard InChI is InChI=1S/C52H94N6O10S/c1-4-7-9-11-13-15-17-19-21-23-25-30-51(64)67-44-46(68-52(65)31-26-24-22-20-18-16-14-12-10-8-5-2)43-66-39-35-54-48(60)33-40-69-41-38-57(49(61)6-3)37-34-53-47(59)29-27-28-45-42-58(56-55-45)36-32-50(62)63/h42,46H,4-41,43-44H2,1-3H3,(H,53,59)(H,54,60)(H,62,63). The van der Waals surface area contributed by atoms with E-state index in [1.54, 1.807) is 29.8 Å². The van der Waals surface area contributed by atoms with Crippen LogP contribution in [0.5, 0.6) is 0 Å². The van der Waals surface area contributed by atoms with Crippen molar-refractivity contribution in [1.82, 2.24) is 30.5 Å². The molecule has 1 rings (SSSR count). The zero-order chi connectivity index (χ0) is 50.4. The van der Waals surface area contributed by atoms with E-state index in [2.05, 4.69) is 34.8 Å². The van der Waals surface area contributed by atoms with Crippen molar-refractivity contribution in [3.05, 3.63) is 11.9 Å². The van der Waals surface area contributed by atoms with Crippen LogP contribution in [-0.4, -0.2) is 124 Å². The predicted octanol–water partition coefficient (Wildman–Crippen LogP) is 9.54. The second-order valence-corrected chi connectivity index (χ2v) is 19.4. The van der Waals surface area contributed by atoms with Crippen LogP contribution in [0.25, 0.3) is 0 Å². The summed E-state index contributed by atoms with van der Waals surface area (Å²) in [5.41, 5.74) is 0.697. The third-order valence-electron chi connectivity index (χ3n) is 11.9. The molecular weight excluding hydrogens is 901 g/mol. The number of aryl methyl sites for hydroxylation is 2. The number of aliphatic carboxylic acids is 1. The summed E-state index contributed by atoms with van der Waals surface area (Å²) in [6.07, 6.45) is 30.0. The van der Waals surface area contributed by atoms with Crippen LogP contribution in [0.1, 0.15) is 213 Å². The van der Waals surface area contributed by atoms with Gasteiger partial charge in [-0.05, 0) is 25.7 Å². The molecule has 1 heterocycles. The summed E-state index contributed by atoms with van der Waals surface area (Å²) >= 11 is 1.57. The van der Waals surface area contributed by atoms with Gasteiger partial charge in [-0.1, -0.05) is 154 Å². The number of amides is 3. The first-order valence-electron chi connectivity index (χ1n) is 27.0. The van der Waals surface area contributed by atoms with Crippen molar-refractivity contribution in [2.24, 2.45) is 0 Å². The zero-order valence-electron chi connectivity index (χ0n) is 43.3. The Morgan fingerprint density at radius 3 is 1.77 bits per heavy atom. The number of esters is 2. The monoisotopic (exact) mass is 995 g/mol. The molecule has 0 saturated heterocycles. The number of carboxylic acids is 1. The Morgan fingerprint density at radius 2 is 1.19 bits per heavy atom. The lowest BCUT2D eigenvalue weighted by Crippen LogP contribution is -2.39. The summed E-state index contributed by atoms with van der Waals surface area (Å²) < 4.78 is 18.5. The zero-order valence-corrected chi connectivity index (χ0v) is 44.1. The Morgan fingerprint density at radius 1 is 0.638 bits per heavy atom. The first-order valence-corrected chi connectivity index (χ1v) is 28.2. The molecule has 1 atom stereocenters. The lowest BCUT2D eigenvalue weighted by atomic mass is 10.1. The van der Waals surface area contributed by atoms with Gasteiger partial charge in [0.25, 0.3) is 0 Å². The number of hydrogen-bond acceptors (Lipinski definition) is 12. The van der Waals surface area contributed by atoms with E-state index in [1.165, 1.54) is 107 Å². The number of nitrogens with zero attached hydrogens (tertiary/aromatic N) is 4. The number of unbranched alkanes of at least 4 members (excludes halogenated alkanes) is 20. The molecule has 1 aromatic heterocycles. The van der Waals surface area contributed by atoms with Gasteiger partial charge in [-0.3, -0.25) is 33.4 Å². The molecule has 0 fully saturated rings. The molecule has 3 N–H and O–H groups in total. The molecule has 0 saturated carbocycles. The second kappa shape index (κ2) is 45.4. The average molecular weight is 995 g/mol. The molecule has 0 aliphatic carbocycles. The number of rotatable bonds is 49. The summed E-state index contributed by atoms with van der Waals surface area (Å²) in [5, 5.41) is 22.5. The average Bonchev–Trinajstić information content (AvgIpc) is 3.79. The maximum atomic E-state index is 12.8. The summed E-state index contributed by atoms with van der Waals surface area (Å²) in [7, 11) is 0. The Hall–Kier alpha value is -3.73. The van der Waals surface area contributed by atoms with E-state index in [0.29, 0.717) is 81.8 Å². The lowest BCUT2D eigenvalue weighted by Gasteiger charge is -2.22. The van der Waals surface area contributed by atoms with Gasteiger partial charge in [0.05, 0.1) is 31.9 Å². The van der Waals surface area contributed by atoms with Crippen LogP contribution in [0.3, 0.4) is 0 Å². The highest BCUT2D eigenvalue weighted by molar-refractivity contribution is 7.99. The number of ether oxygens (including phenoxy) is 3. The summed E-state index contributed by atoms with van der Waals surface area (Å²) in [5.74, 6) is -0.548. The minimum atomic E-state index is -0.906. The fraction of sp³-hybridized carbons (Fsp3) is 0.846. The van der Waals surface area contributed by atoms with E-state index in [-0.39, 0.29) is 69.0 Å². The minimum Gasteiger partial charge on any atom is -0.481 e. The summed E-state index contributed by atoms with van der Waals surface area (Å²) in [6, 6.07) is 0. The van der Waals surface area contributed by atoms with Crippen LogP contribution >= 0.6 is 11.8 Å². The summed E-state index contributed by atoms with van der Waals surface area (Å²) in [4.78, 5) is 75.4. The topological polar surface area (TPSA) is 208 Å². The van der Waals surface area contributed by atoms with Gasteiger partial charge in [-0.15, -0.1) is 5.10 Å². The fourth-order valence-corrected chi connectivity index (χ4v) is 8.58. The molecule has 1 unspecified atom stereocenters. The number of thioether (sulfide) groups is 1. The van der Waals surface area contributed by atoms with Crippen molar-refractivity contribution in [2.45, 2.75) is 226 Å². The smallest absolute Gasteiger partial charge is 0.306 e. The van der Waals surface area contributed by atoms with Crippen molar-refractivity contribution >= 4 is 47.4 Å². The van der Waals surface area contributed by atoms with Crippen LogP contribution in [0.15, 0.2) is 6.20 Å². The Balaban J connectivity index is 2.35. The molecule has 398 valence electrons. The Kier molecular flexibility index (Phi) is 41.6.